The Morgan fingerprint density at radius 2 is 1.57 bits per heavy atom. The number of ketones is 1. The molecular weight excluding hydrogens is 615 g/mol. The number of rotatable bonds is 13. The Bertz CT molecular complexity index is 1190. The number of halogens is 9. The third-order valence-corrected chi connectivity index (χ3v) is 7.18. The molecule has 0 bridgehead atoms. The SMILES string of the molecule is CC(C)C(C(=O)C(F)(F)C(F)(F)C(F)(F)C(F)(F)F)N1CCC[C@H]1C(=O)NC(=O)[C@@H](NC(=O)CCc1cccnc1)C(C)C. The zero-order valence-electron chi connectivity index (χ0n) is 24.2. The van der Waals surface area contributed by atoms with Crippen molar-refractivity contribution in [3.05, 3.63) is 30.1 Å². The smallest absolute Gasteiger partial charge is 0.344 e. The van der Waals surface area contributed by atoms with E-state index in [-0.39, 0.29) is 32.2 Å². The van der Waals surface area contributed by atoms with Crippen molar-refractivity contribution in [2.75, 3.05) is 6.54 Å². The molecule has 1 aromatic heterocycles. The van der Waals surface area contributed by atoms with Crippen LogP contribution in [0.3, 0.4) is 0 Å². The molecule has 2 heterocycles. The van der Waals surface area contributed by atoms with Crippen LogP contribution in [-0.2, 0) is 25.6 Å². The van der Waals surface area contributed by atoms with Crippen molar-refractivity contribution in [2.45, 2.75) is 95.4 Å². The van der Waals surface area contributed by atoms with Crippen LogP contribution in [0.4, 0.5) is 39.5 Å². The minimum atomic E-state index is -7.26. The summed E-state index contributed by atoms with van der Waals surface area (Å²) in [7, 11) is 0. The zero-order valence-corrected chi connectivity index (χ0v) is 24.2. The lowest BCUT2D eigenvalue weighted by molar-refractivity contribution is -0.388. The molecule has 1 aromatic rings. The number of nitrogens with zero attached hydrogens (tertiary/aromatic N) is 2. The summed E-state index contributed by atoms with van der Waals surface area (Å²) in [5.74, 6) is -28.5. The van der Waals surface area contributed by atoms with Crippen molar-refractivity contribution < 1.29 is 58.7 Å². The molecule has 44 heavy (non-hydrogen) atoms. The van der Waals surface area contributed by atoms with Crippen molar-refractivity contribution in [2.24, 2.45) is 11.8 Å². The third-order valence-electron chi connectivity index (χ3n) is 7.18. The summed E-state index contributed by atoms with van der Waals surface area (Å²) in [6.07, 6.45) is -3.98. The monoisotopic (exact) mass is 648 g/mol. The van der Waals surface area contributed by atoms with Gasteiger partial charge < -0.3 is 5.32 Å². The predicted octanol–water partition coefficient (Wildman–Crippen LogP) is 4.32. The van der Waals surface area contributed by atoms with E-state index in [0.29, 0.717) is 4.90 Å². The van der Waals surface area contributed by atoms with Crippen LogP contribution in [0.5, 0.6) is 0 Å². The molecule has 1 fully saturated rings. The topological polar surface area (TPSA) is 108 Å². The molecule has 17 heteroatoms. The van der Waals surface area contributed by atoms with Crippen LogP contribution in [-0.4, -0.2) is 82.0 Å². The van der Waals surface area contributed by atoms with Crippen LogP contribution in [0.1, 0.15) is 52.5 Å². The van der Waals surface area contributed by atoms with Gasteiger partial charge in [-0.05, 0) is 49.3 Å². The van der Waals surface area contributed by atoms with Crippen LogP contribution in [0.15, 0.2) is 24.5 Å². The van der Waals surface area contributed by atoms with Gasteiger partial charge in [-0.1, -0.05) is 33.8 Å². The van der Waals surface area contributed by atoms with Gasteiger partial charge in [-0.25, -0.2) is 0 Å². The van der Waals surface area contributed by atoms with Crippen LogP contribution >= 0.6 is 0 Å². The number of carbonyl (C=O) groups excluding carboxylic acids is 4. The molecule has 2 rings (SSSR count). The standard InChI is InChI=1S/C27H33F9N4O4/c1-14(2)19(38-18(41)10-9-16-7-5-11-37-13-16)23(44)39-22(43)17-8-6-12-40(17)20(15(3)4)21(42)24(28,29)25(30,31)26(32,33)27(34,35)36/h5,7,11,13-15,17,19-20H,6,8-10,12H2,1-4H3,(H,38,41)(H,39,43,44)/t17-,19-,20?/m0/s1. The van der Waals surface area contributed by atoms with E-state index in [1.165, 1.54) is 6.20 Å². The van der Waals surface area contributed by atoms with Gasteiger partial charge in [0.2, 0.25) is 23.5 Å². The largest absolute Gasteiger partial charge is 0.460 e. The Kier molecular flexibility index (Phi) is 11.6. The van der Waals surface area contributed by atoms with Crippen LogP contribution in [0.25, 0.3) is 0 Å². The van der Waals surface area contributed by atoms with E-state index in [9.17, 15) is 58.7 Å². The molecule has 0 radical (unpaired) electrons. The van der Waals surface area contributed by atoms with Gasteiger partial charge in [0.25, 0.3) is 0 Å². The highest BCUT2D eigenvalue weighted by Crippen LogP contribution is 2.54. The first-order chi connectivity index (χ1) is 20.1. The molecule has 1 aliphatic rings. The van der Waals surface area contributed by atoms with E-state index in [1.807, 2.05) is 5.32 Å². The average molecular weight is 649 g/mol. The second-order valence-corrected chi connectivity index (χ2v) is 11.2. The fraction of sp³-hybridized carbons (Fsp3) is 0.667. The molecule has 0 aromatic carbocycles. The second-order valence-electron chi connectivity index (χ2n) is 11.2. The number of pyridine rings is 1. The number of nitrogens with one attached hydrogen (secondary N) is 2. The van der Waals surface area contributed by atoms with E-state index in [4.69, 9.17) is 0 Å². The Hall–Kier alpha value is -3.24. The summed E-state index contributed by atoms with van der Waals surface area (Å²) in [6.45, 7) is 4.81. The summed E-state index contributed by atoms with van der Waals surface area (Å²) in [4.78, 5) is 55.8. The highest BCUT2D eigenvalue weighted by atomic mass is 19.4. The van der Waals surface area contributed by atoms with E-state index in [1.54, 1.807) is 32.2 Å². The Balaban J connectivity index is 2.22. The fourth-order valence-corrected chi connectivity index (χ4v) is 4.82. The lowest BCUT2D eigenvalue weighted by Gasteiger charge is -2.39. The highest BCUT2D eigenvalue weighted by Gasteiger charge is 2.84. The van der Waals surface area contributed by atoms with Gasteiger partial charge in [-0.3, -0.25) is 34.4 Å². The number of aryl methyl sites for hydroxylation is 1. The molecule has 3 amide bonds. The Labute approximate surface area is 247 Å². The number of likely N-dealkylation sites (tertiary alicyclic amines) is 1. The molecule has 1 unspecified atom stereocenters. The number of carbonyl (C=O) groups is 4. The number of alkyl halides is 9. The maximum atomic E-state index is 14.6. The molecule has 1 saturated heterocycles. The van der Waals surface area contributed by atoms with Gasteiger partial charge in [0, 0.05) is 18.8 Å². The number of hydrogen-bond donors (Lipinski definition) is 2. The molecule has 1 aliphatic heterocycles. The quantitative estimate of drug-likeness (QED) is 0.309. The van der Waals surface area contributed by atoms with Gasteiger partial charge in [0.1, 0.15) is 6.04 Å². The zero-order chi connectivity index (χ0) is 33.8. The molecular formula is C27H33F9N4O4. The summed E-state index contributed by atoms with van der Waals surface area (Å²) < 4.78 is 122. The van der Waals surface area contributed by atoms with E-state index < -0.39 is 77.4 Å². The number of hydrogen-bond acceptors (Lipinski definition) is 6. The van der Waals surface area contributed by atoms with Crippen molar-refractivity contribution in [1.29, 1.82) is 0 Å². The molecule has 0 saturated carbocycles. The average Bonchev–Trinajstić information content (AvgIpc) is 3.39. The van der Waals surface area contributed by atoms with E-state index in [0.717, 1.165) is 19.4 Å². The number of amides is 3. The summed E-state index contributed by atoms with van der Waals surface area (Å²) in [5.41, 5.74) is 0.740. The van der Waals surface area contributed by atoms with E-state index in [2.05, 4.69) is 10.3 Å². The first kappa shape index (κ1) is 36.9. The van der Waals surface area contributed by atoms with Gasteiger partial charge in [-0.15, -0.1) is 0 Å². The van der Waals surface area contributed by atoms with Crippen LogP contribution in [0, 0.1) is 11.8 Å². The Morgan fingerprint density at radius 3 is 2.07 bits per heavy atom. The second kappa shape index (κ2) is 13.8. The maximum Gasteiger partial charge on any atom is 0.460 e. The minimum absolute atomic E-state index is 0.00212. The minimum Gasteiger partial charge on any atom is -0.344 e. The summed E-state index contributed by atoms with van der Waals surface area (Å²) >= 11 is 0. The fourth-order valence-electron chi connectivity index (χ4n) is 4.82. The number of imide groups is 1. The summed E-state index contributed by atoms with van der Waals surface area (Å²) in [6, 6.07) is -1.85. The molecule has 248 valence electrons. The number of Topliss-reactive ketones (excluding diaryl/α,β-unsaturated/α-hetero) is 1. The molecule has 8 nitrogen and oxygen atoms in total. The normalized spacial score (nSPS) is 18.3. The highest BCUT2D eigenvalue weighted by molar-refractivity contribution is 6.02. The van der Waals surface area contributed by atoms with E-state index >= 15 is 0 Å². The van der Waals surface area contributed by atoms with Gasteiger partial charge in [0.05, 0.1) is 12.1 Å². The lowest BCUT2D eigenvalue weighted by atomic mass is 9.89. The van der Waals surface area contributed by atoms with Crippen molar-refractivity contribution in [1.82, 2.24) is 20.5 Å². The van der Waals surface area contributed by atoms with Crippen molar-refractivity contribution in [3.8, 4) is 0 Å². The van der Waals surface area contributed by atoms with Gasteiger partial charge in [0.15, 0.2) is 0 Å². The first-order valence-corrected chi connectivity index (χ1v) is 13.6. The van der Waals surface area contributed by atoms with Crippen molar-refractivity contribution in [3.63, 3.8) is 0 Å². The lowest BCUT2D eigenvalue weighted by Crippen LogP contribution is -2.67. The molecule has 2 N–H and O–H groups in total. The number of aromatic nitrogens is 1. The summed E-state index contributed by atoms with van der Waals surface area (Å²) in [5, 5.41) is 4.48. The maximum absolute atomic E-state index is 14.6. The third kappa shape index (κ3) is 7.69. The molecule has 0 aliphatic carbocycles. The first-order valence-electron chi connectivity index (χ1n) is 13.6. The Morgan fingerprint density at radius 1 is 0.955 bits per heavy atom. The van der Waals surface area contributed by atoms with Gasteiger partial charge >= 0.3 is 23.9 Å². The van der Waals surface area contributed by atoms with Crippen molar-refractivity contribution >= 4 is 23.5 Å². The van der Waals surface area contributed by atoms with Gasteiger partial charge in [-0.2, -0.15) is 39.5 Å². The predicted molar refractivity (Wildman–Crippen MR) is 137 cm³/mol. The van der Waals surface area contributed by atoms with Crippen LogP contribution < -0.4 is 10.6 Å². The van der Waals surface area contributed by atoms with Crippen LogP contribution in [0.2, 0.25) is 0 Å². The molecule has 0 spiro atoms. The molecule has 3 atom stereocenters.